The second-order valence-electron chi connectivity index (χ2n) is 7.25. The molecule has 3 aromatic carbocycles. The zero-order chi connectivity index (χ0) is 20.8. The Hall–Kier alpha value is -3.97. The summed E-state index contributed by atoms with van der Waals surface area (Å²) in [5, 5.41) is 18.1. The van der Waals surface area contributed by atoms with Crippen LogP contribution in [0.3, 0.4) is 0 Å². The maximum Gasteiger partial charge on any atom is 0.154 e. The molecule has 0 N–H and O–H groups in total. The van der Waals surface area contributed by atoms with E-state index in [0.717, 1.165) is 35.7 Å². The molecule has 0 aliphatic rings. The summed E-state index contributed by atoms with van der Waals surface area (Å²) in [6.07, 6.45) is 0. The molecule has 0 fully saturated rings. The lowest BCUT2D eigenvalue weighted by atomic mass is 10.1. The summed E-state index contributed by atoms with van der Waals surface area (Å²) in [5.41, 5.74) is 5.92. The average molecular weight is 390 g/mol. The summed E-state index contributed by atoms with van der Waals surface area (Å²) in [7, 11) is 0. The van der Waals surface area contributed by atoms with Crippen molar-refractivity contribution in [3.63, 3.8) is 0 Å². The molecule has 0 spiro atoms. The molecule has 1 aromatic heterocycles. The van der Waals surface area contributed by atoms with E-state index >= 15 is 0 Å². The predicted molar refractivity (Wildman–Crippen MR) is 120 cm³/mol. The number of rotatable bonds is 6. The van der Waals surface area contributed by atoms with Crippen LogP contribution in [0.2, 0.25) is 0 Å². The number of nitrogens with zero attached hydrogens (tertiary/aromatic N) is 4. The van der Waals surface area contributed by atoms with Crippen molar-refractivity contribution in [2.45, 2.75) is 20.0 Å². The van der Waals surface area contributed by atoms with Crippen LogP contribution in [0.25, 0.3) is 11.3 Å². The Labute approximate surface area is 177 Å². The van der Waals surface area contributed by atoms with Gasteiger partial charge in [-0.15, -0.1) is 10.2 Å². The second-order valence-corrected chi connectivity index (χ2v) is 7.25. The summed E-state index contributed by atoms with van der Waals surface area (Å²) in [4.78, 5) is 2.26. The van der Waals surface area contributed by atoms with Crippen LogP contribution in [0.1, 0.15) is 22.3 Å². The first-order valence-corrected chi connectivity index (χ1v) is 9.90. The van der Waals surface area contributed by atoms with Crippen LogP contribution < -0.4 is 4.90 Å². The molecule has 30 heavy (non-hydrogen) atoms. The van der Waals surface area contributed by atoms with Crippen LogP contribution in [0, 0.1) is 18.3 Å². The van der Waals surface area contributed by atoms with Crippen molar-refractivity contribution in [2.75, 3.05) is 4.90 Å². The number of aryl methyl sites for hydroxylation is 1. The molecule has 0 atom stereocenters. The van der Waals surface area contributed by atoms with E-state index < -0.39 is 0 Å². The number of anilines is 1. The molecule has 4 rings (SSSR count). The van der Waals surface area contributed by atoms with Crippen LogP contribution in [0.5, 0.6) is 0 Å². The van der Waals surface area contributed by atoms with Crippen molar-refractivity contribution in [1.82, 2.24) is 10.2 Å². The Morgan fingerprint density at radius 3 is 1.83 bits per heavy atom. The maximum absolute atomic E-state index is 9.00. The highest BCUT2D eigenvalue weighted by molar-refractivity contribution is 5.63. The quantitative estimate of drug-likeness (QED) is 0.434. The van der Waals surface area contributed by atoms with E-state index in [1.165, 1.54) is 11.1 Å². The molecule has 0 radical (unpaired) electrons. The molecule has 0 aliphatic carbocycles. The van der Waals surface area contributed by atoms with Gasteiger partial charge in [-0.05, 0) is 41.8 Å². The molecule has 0 bridgehead atoms. The largest absolute Gasteiger partial charge is 0.346 e. The van der Waals surface area contributed by atoms with Gasteiger partial charge in [0.1, 0.15) is 0 Å². The van der Waals surface area contributed by atoms with Crippen molar-refractivity contribution in [1.29, 1.82) is 5.26 Å². The van der Waals surface area contributed by atoms with E-state index in [1.807, 2.05) is 24.3 Å². The first-order valence-electron chi connectivity index (χ1n) is 9.90. The van der Waals surface area contributed by atoms with Crippen molar-refractivity contribution in [3.8, 4) is 17.3 Å². The van der Waals surface area contributed by atoms with Gasteiger partial charge < -0.3 is 4.90 Å². The number of benzene rings is 3. The van der Waals surface area contributed by atoms with Gasteiger partial charge in [-0.1, -0.05) is 72.8 Å². The van der Waals surface area contributed by atoms with Gasteiger partial charge in [-0.2, -0.15) is 5.26 Å². The van der Waals surface area contributed by atoms with Crippen LogP contribution in [-0.4, -0.2) is 10.2 Å². The normalized spacial score (nSPS) is 10.4. The molecular formula is C26H22N4. The van der Waals surface area contributed by atoms with E-state index in [-0.39, 0.29) is 0 Å². The van der Waals surface area contributed by atoms with Crippen LogP contribution in [0.4, 0.5) is 5.82 Å². The molecule has 146 valence electrons. The topological polar surface area (TPSA) is 52.8 Å². The minimum Gasteiger partial charge on any atom is -0.346 e. The first-order chi connectivity index (χ1) is 14.7. The highest BCUT2D eigenvalue weighted by Gasteiger charge is 2.15. The molecule has 4 heteroatoms. The van der Waals surface area contributed by atoms with Crippen molar-refractivity contribution < 1.29 is 0 Å². The Morgan fingerprint density at radius 1 is 0.767 bits per heavy atom. The van der Waals surface area contributed by atoms with Crippen molar-refractivity contribution in [3.05, 3.63) is 113 Å². The van der Waals surface area contributed by atoms with Gasteiger partial charge in [-0.3, -0.25) is 0 Å². The fourth-order valence-electron chi connectivity index (χ4n) is 3.46. The predicted octanol–water partition coefficient (Wildman–Crippen LogP) is 5.53. The lowest BCUT2D eigenvalue weighted by Crippen LogP contribution is -2.24. The van der Waals surface area contributed by atoms with Crippen LogP contribution in [0.15, 0.2) is 91.0 Å². The average Bonchev–Trinajstić information content (AvgIpc) is 2.80. The Balaban J connectivity index is 1.66. The minimum atomic E-state index is 0.636. The summed E-state index contributed by atoms with van der Waals surface area (Å²) < 4.78 is 0. The maximum atomic E-state index is 9.00. The Kier molecular flexibility index (Phi) is 5.82. The monoisotopic (exact) mass is 390 g/mol. The molecule has 0 aliphatic heterocycles. The van der Waals surface area contributed by atoms with E-state index in [1.54, 1.807) is 12.1 Å². The third-order valence-corrected chi connectivity index (χ3v) is 5.00. The summed E-state index contributed by atoms with van der Waals surface area (Å²) in [6, 6.07) is 32.4. The molecule has 4 nitrogen and oxygen atoms in total. The molecule has 0 amide bonds. The SMILES string of the molecule is Cc1cc(-c2ccc(C#N)cc2)nnc1N(Cc1ccccc1)Cc1ccccc1. The highest BCUT2D eigenvalue weighted by atomic mass is 15.3. The fourth-order valence-corrected chi connectivity index (χ4v) is 3.46. The van der Waals surface area contributed by atoms with Gasteiger partial charge in [0.05, 0.1) is 17.3 Å². The zero-order valence-electron chi connectivity index (χ0n) is 16.9. The zero-order valence-corrected chi connectivity index (χ0v) is 16.9. The standard InChI is InChI=1S/C26H22N4/c1-20-16-25(24-14-12-21(17-27)13-15-24)28-29-26(20)30(18-22-8-4-2-5-9-22)19-23-10-6-3-7-11-23/h2-16H,18-19H2,1H3. The molecule has 0 saturated carbocycles. The van der Waals surface area contributed by atoms with E-state index in [9.17, 15) is 0 Å². The van der Waals surface area contributed by atoms with E-state index in [0.29, 0.717) is 5.56 Å². The summed E-state index contributed by atoms with van der Waals surface area (Å²) in [5.74, 6) is 0.875. The smallest absolute Gasteiger partial charge is 0.154 e. The molecule has 0 saturated heterocycles. The highest BCUT2D eigenvalue weighted by Crippen LogP contribution is 2.25. The van der Waals surface area contributed by atoms with Crippen LogP contribution >= 0.6 is 0 Å². The third kappa shape index (κ3) is 4.53. The van der Waals surface area contributed by atoms with Gasteiger partial charge in [0.15, 0.2) is 5.82 Å². The van der Waals surface area contributed by atoms with Crippen molar-refractivity contribution >= 4 is 5.82 Å². The second kappa shape index (κ2) is 9.02. The van der Waals surface area contributed by atoms with Gasteiger partial charge in [0.2, 0.25) is 0 Å². The Bertz CT molecular complexity index is 1110. The third-order valence-electron chi connectivity index (χ3n) is 5.00. The fraction of sp³-hybridized carbons (Fsp3) is 0.115. The van der Waals surface area contributed by atoms with Gasteiger partial charge in [0, 0.05) is 18.7 Å². The molecule has 0 unspecified atom stereocenters. The summed E-state index contributed by atoms with van der Waals surface area (Å²) >= 11 is 0. The molecule has 1 heterocycles. The number of hydrogen-bond donors (Lipinski definition) is 0. The van der Waals surface area contributed by atoms with Gasteiger partial charge in [0.25, 0.3) is 0 Å². The summed E-state index contributed by atoms with van der Waals surface area (Å²) in [6.45, 7) is 3.57. The van der Waals surface area contributed by atoms with Gasteiger partial charge >= 0.3 is 0 Å². The Morgan fingerprint density at radius 2 is 1.33 bits per heavy atom. The number of hydrogen-bond acceptors (Lipinski definition) is 4. The van der Waals surface area contributed by atoms with Gasteiger partial charge in [-0.25, -0.2) is 0 Å². The molecular weight excluding hydrogens is 368 g/mol. The van der Waals surface area contributed by atoms with E-state index in [4.69, 9.17) is 5.26 Å². The van der Waals surface area contributed by atoms with Crippen molar-refractivity contribution in [2.24, 2.45) is 0 Å². The number of aromatic nitrogens is 2. The number of nitriles is 1. The lowest BCUT2D eigenvalue weighted by Gasteiger charge is -2.25. The van der Waals surface area contributed by atoms with Crippen LogP contribution in [-0.2, 0) is 13.1 Å². The molecule has 4 aromatic rings. The first kappa shape index (κ1) is 19.4. The van der Waals surface area contributed by atoms with E-state index in [2.05, 4.69) is 82.7 Å². The lowest BCUT2D eigenvalue weighted by molar-refractivity contribution is 0.765. The minimum absolute atomic E-state index is 0.636.